The van der Waals surface area contributed by atoms with E-state index >= 15 is 0 Å². The average molecular weight is 297 g/mol. The molecule has 1 aromatic carbocycles. The van der Waals surface area contributed by atoms with E-state index < -0.39 is 8.07 Å². The molecule has 4 heteroatoms. The summed E-state index contributed by atoms with van der Waals surface area (Å²) in [6.07, 6.45) is 0. The molecule has 0 saturated heterocycles. The molecule has 0 fully saturated rings. The van der Waals surface area contributed by atoms with Crippen LogP contribution in [0.15, 0.2) is 34.6 Å². The van der Waals surface area contributed by atoms with Crippen molar-refractivity contribution in [3.63, 3.8) is 0 Å². The number of rotatable bonds is 4. The summed E-state index contributed by atoms with van der Waals surface area (Å²) in [6, 6.07) is 7.75. The molecule has 0 aliphatic heterocycles. The first-order chi connectivity index (χ1) is 9.96. The van der Waals surface area contributed by atoms with Crippen LogP contribution < -0.4 is 0 Å². The van der Waals surface area contributed by atoms with Gasteiger partial charge in [-0.05, 0) is 37.8 Å². The average Bonchev–Trinajstić information content (AvgIpc) is 2.45. The van der Waals surface area contributed by atoms with Crippen molar-refractivity contribution >= 4 is 13.8 Å². The van der Waals surface area contributed by atoms with E-state index in [1.54, 1.807) is 0 Å². The van der Waals surface area contributed by atoms with Crippen molar-refractivity contribution in [1.29, 1.82) is 0 Å². The fraction of sp³-hybridized carbons (Fsp3) is 0.412. The molecule has 0 N–H and O–H groups in total. The molecule has 0 aliphatic carbocycles. The second-order valence-electron chi connectivity index (χ2n) is 5.60. The number of benzene rings is 1. The Bertz CT molecular complexity index is 603. The number of nitrogens with zero attached hydrogens (tertiary/aromatic N) is 3. The normalized spacial score (nSPS) is 10.5. The van der Waals surface area contributed by atoms with Crippen molar-refractivity contribution in [2.75, 3.05) is 13.1 Å². The lowest BCUT2D eigenvalue weighted by Gasteiger charge is -2.11. The van der Waals surface area contributed by atoms with Gasteiger partial charge in [0.15, 0.2) is 0 Å². The lowest BCUT2D eigenvalue weighted by Crippen LogP contribution is -2.16. The molecular weight excluding hydrogens is 274 g/mol. The molecule has 0 aliphatic rings. The minimum absolute atomic E-state index is 0.784. The van der Waals surface area contributed by atoms with E-state index in [0.717, 1.165) is 24.3 Å². The van der Waals surface area contributed by atoms with Gasteiger partial charge in [0.1, 0.15) is 13.8 Å². The zero-order valence-corrected chi connectivity index (χ0v) is 14.6. The van der Waals surface area contributed by atoms with E-state index in [1.165, 1.54) is 0 Å². The highest BCUT2D eigenvalue weighted by Gasteiger charge is 2.06. The van der Waals surface area contributed by atoms with Crippen molar-refractivity contribution in [2.45, 2.75) is 33.5 Å². The molecule has 0 unspecified atom stereocenters. The highest BCUT2D eigenvalue weighted by Crippen LogP contribution is 2.18. The molecule has 21 heavy (non-hydrogen) atoms. The summed E-state index contributed by atoms with van der Waals surface area (Å²) in [7, 11) is -1.36. The molecule has 0 spiro atoms. The Morgan fingerprint density at radius 3 is 2.33 bits per heavy atom. The maximum Gasteiger partial charge on any atom is 0.130 e. The van der Waals surface area contributed by atoms with Crippen LogP contribution in [0.1, 0.15) is 19.4 Å². The maximum atomic E-state index is 4.28. The van der Waals surface area contributed by atoms with E-state index in [-0.39, 0.29) is 0 Å². The lowest BCUT2D eigenvalue weighted by molar-refractivity contribution is 0.300. The second kappa shape index (κ2) is 8.29. The summed E-state index contributed by atoms with van der Waals surface area (Å²) in [6.45, 7) is 12.4. The summed E-state index contributed by atoms with van der Waals surface area (Å²) in [5, 5.41) is 10.4. The van der Waals surface area contributed by atoms with E-state index in [4.69, 9.17) is 0 Å². The van der Waals surface area contributed by atoms with Crippen molar-refractivity contribution in [2.24, 2.45) is 10.3 Å². The lowest BCUT2D eigenvalue weighted by atomic mass is 10.2. The van der Waals surface area contributed by atoms with Gasteiger partial charge in [-0.2, -0.15) is 0 Å². The van der Waals surface area contributed by atoms with Crippen molar-refractivity contribution in [3.8, 4) is 23.3 Å². The predicted molar refractivity (Wildman–Crippen MR) is 91.9 cm³/mol. The van der Waals surface area contributed by atoms with Crippen molar-refractivity contribution < 1.29 is 0 Å². The molecular formula is C17H23N3Si. The molecule has 0 bridgehead atoms. The van der Waals surface area contributed by atoms with Gasteiger partial charge in [-0.3, -0.25) is 5.01 Å². The number of hydrogen-bond donors (Lipinski definition) is 0. The Kier molecular flexibility index (Phi) is 6.71. The van der Waals surface area contributed by atoms with Crippen LogP contribution in [0.4, 0.5) is 5.69 Å². The van der Waals surface area contributed by atoms with Crippen LogP contribution in [-0.4, -0.2) is 26.2 Å². The minimum Gasteiger partial charge on any atom is -0.279 e. The fourth-order valence-corrected chi connectivity index (χ4v) is 1.88. The molecule has 1 aromatic rings. The zero-order chi connectivity index (χ0) is 15.7. The van der Waals surface area contributed by atoms with Gasteiger partial charge < -0.3 is 0 Å². The van der Waals surface area contributed by atoms with Gasteiger partial charge in [0, 0.05) is 13.1 Å². The minimum atomic E-state index is -1.36. The Morgan fingerprint density at radius 2 is 1.71 bits per heavy atom. The van der Waals surface area contributed by atoms with Gasteiger partial charge >= 0.3 is 0 Å². The molecule has 110 valence electrons. The zero-order valence-electron chi connectivity index (χ0n) is 13.6. The van der Waals surface area contributed by atoms with Gasteiger partial charge in [-0.1, -0.05) is 42.9 Å². The third-order valence-corrected chi connectivity index (χ3v) is 3.49. The summed E-state index contributed by atoms with van der Waals surface area (Å²) >= 11 is 0. The topological polar surface area (TPSA) is 28.0 Å². The van der Waals surface area contributed by atoms with E-state index in [9.17, 15) is 0 Å². The fourth-order valence-electron chi connectivity index (χ4n) is 1.45. The van der Waals surface area contributed by atoms with Gasteiger partial charge in [-0.15, -0.1) is 10.7 Å². The highest BCUT2D eigenvalue weighted by atomic mass is 28.3. The molecule has 0 aromatic heterocycles. The first-order valence-electron chi connectivity index (χ1n) is 7.25. The van der Waals surface area contributed by atoms with E-state index in [1.807, 2.05) is 29.3 Å². The van der Waals surface area contributed by atoms with Crippen molar-refractivity contribution in [3.05, 3.63) is 29.8 Å². The summed E-state index contributed by atoms with van der Waals surface area (Å²) in [4.78, 5) is 0. The molecule has 0 atom stereocenters. The first-order valence-corrected chi connectivity index (χ1v) is 10.7. The standard InChI is InChI=1S/C17H23N3Si/c1-6-20(7-2)19-18-17-14-9-8-12-16(17)13-10-11-15-21(3,4)5/h8-9,12,14H,6-7H2,1-5H3. The van der Waals surface area contributed by atoms with Crippen LogP contribution in [0.5, 0.6) is 0 Å². The van der Waals surface area contributed by atoms with E-state index in [2.05, 4.69) is 67.1 Å². The largest absolute Gasteiger partial charge is 0.279 e. The molecule has 3 nitrogen and oxygen atoms in total. The quantitative estimate of drug-likeness (QED) is 0.353. The molecule has 0 amide bonds. The van der Waals surface area contributed by atoms with Crippen LogP contribution >= 0.6 is 0 Å². The van der Waals surface area contributed by atoms with Gasteiger partial charge in [0.05, 0.1) is 5.56 Å². The number of hydrogen-bond acceptors (Lipinski definition) is 2. The van der Waals surface area contributed by atoms with Gasteiger partial charge in [0.2, 0.25) is 0 Å². The Balaban J connectivity index is 2.95. The third kappa shape index (κ3) is 6.79. The SMILES string of the molecule is CCN(CC)N=Nc1ccccc1C#CC#C[Si](C)(C)C. The maximum absolute atomic E-state index is 4.28. The molecule has 1 rings (SSSR count). The Hall–Kier alpha value is -2.04. The summed E-state index contributed by atoms with van der Waals surface area (Å²) < 4.78 is 0. The Morgan fingerprint density at radius 1 is 1.05 bits per heavy atom. The predicted octanol–water partition coefficient (Wildman–Crippen LogP) is 4.26. The first kappa shape index (κ1) is 17.0. The monoisotopic (exact) mass is 297 g/mol. The van der Waals surface area contributed by atoms with Crippen LogP contribution in [0.3, 0.4) is 0 Å². The highest BCUT2D eigenvalue weighted by molar-refractivity contribution is 6.83. The molecule has 0 radical (unpaired) electrons. The van der Waals surface area contributed by atoms with Crippen LogP contribution in [0.2, 0.25) is 19.6 Å². The molecule has 0 saturated carbocycles. The van der Waals surface area contributed by atoms with Crippen LogP contribution in [-0.2, 0) is 0 Å². The van der Waals surface area contributed by atoms with Gasteiger partial charge in [-0.25, -0.2) is 0 Å². The van der Waals surface area contributed by atoms with Gasteiger partial charge in [0.25, 0.3) is 0 Å². The molecule has 0 heterocycles. The summed E-state index contributed by atoms with van der Waals surface area (Å²) in [5.74, 6) is 8.95. The van der Waals surface area contributed by atoms with Crippen LogP contribution in [0, 0.1) is 23.3 Å². The Labute approximate surface area is 129 Å². The van der Waals surface area contributed by atoms with E-state index in [0.29, 0.717) is 0 Å². The third-order valence-electron chi connectivity index (χ3n) is 2.61. The summed E-state index contributed by atoms with van der Waals surface area (Å²) in [5.41, 5.74) is 4.88. The second-order valence-corrected chi connectivity index (χ2v) is 10.3. The van der Waals surface area contributed by atoms with Crippen LogP contribution in [0.25, 0.3) is 0 Å². The van der Waals surface area contributed by atoms with Crippen molar-refractivity contribution in [1.82, 2.24) is 5.01 Å². The smallest absolute Gasteiger partial charge is 0.130 e.